The van der Waals surface area contributed by atoms with Crippen LogP contribution in [0.1, 0.15) is 51.1 Å². The lowest BCUT2D eigenvalue weighted by Gasteiger charge is -2.29. The molecule has 1 saturated carbocycles. The van der Waals surface area contributed by atoms with Gasteiger partial charge in [0.05, 0.1) is 0 Å². The molecule has 1 fully saturated rings. The molecular weight excluding hydrogens is 230 g/mol. The van der Waals surface area contributed by atoms with Gasteiger partial charge in [-0.25, -0.2) is 0 Å². The zero-order chi connectivity index (χ0) is 12.3. The predicted octanol–water partition coefficient (Wildman–Crippen LogP) is 4.57. The number of benzene rings is 1. The van der Waals surface area contributed by atoms with Crippen molar-refractivity contribution in [2.75, 3.05) is 0 Å². The Morgan fingerprint density at radius 2 is 1.94 bits per heavy atom. The average Bonchev–Trinajstić information content (AvgIpc) is 2.32. The lowest BCUT2D eigenvalue weighted by Crippen LogP contribution is -2.34. The first-order chi connectivity index (χ1) is 8.15. The van der Waals surface area contributed by atoms with Crippen molar-refractivity contribution < 1.29 is 0 Å². The van der Waals surface area contributed by atoms with Crippen molar-refractivity contribution in [1.82, 2.24) is 5.32 Å². The molecule has 0 spiro atoms. The summed E-state index contributed by atoms with van der Waals surface area (Å²) in [7, 11) is 0. The summed E-state index contributed by atoms with van der Waals surface area (Å²) in [6, 6.07) is 9.24. The third-order valence-corrected chi connectivity index (χ3v) is 4.09. The highest BCUT2D eigenvalue weighted by Crippen LogP contribution is 2.26. The Hall–Kier alpha value is -0.530. The van der Waals surface area contributed by atoms with Crippen molar-refractivity contribution in [2.24, 2.45) is 5.92 Å². The quantitative estimate of drug-likeness (QED) is 0.830. The lowest BCUT2D eigenvalue weighted by molar-refractivity contribution is 0.292. The van der Waals surface area contributed by atoms with Crippen LogP contribution in [0.4, 0.5) is 0 Å². The number of halogens is 1. The second-order valence-electron chi connectivity index (χ2n) is 5.40. The highest BCUT2D eigenvalue weighted by atomic mass is 35.5. The van der Waals surface area contributed by atoms with Crippen LogP contribution in [0.3, 0.4) is 0 Å². The Kier molecular flexibility index (Phi) is 4.47. The van der Waals surface area contributed by atoms with Crippen LogP contribution in [0.2, 0.25) is 5.02 Å². The number of nitrogens with one attached hydrogen (secondary N) is 1. The summed E-state index contributed by atoms with van der Waals surface area (Å²) in [5.74, 6) is 0.912. The fraction of sp³-hybridized carbons (Fsp3) is 0.600. The maximum absolute atomic E-state index is 6.02. The second kappa shape index (κ2) is 5.88. The third kappa shape index (κ3) is 3.72. The monoisotopic (exact) mass is 251 g/mol. The third-order valence-electron chi connectivity index (χ3n) is 3.85. The van der Waals surface area contributed by atoms with Gasteiger partial charge in [-0.05, 0) is 56.2 Å². The summed E-state index contributed by atoms with van der Waals surface area (Å²) >= 11 is 6.02. The minimum atomic E-state index is 0.395. The molecule has 2 rings (SSSR count). The van der Waals surface area contributed by atoms with Gasteiger partial charge in [0.2, 0.25) is 0 Å². The largest absolute Gasteiger partial charge is 0.307 e. The molecule has 1 aliphatic carbocycles. The molecule has 1 aromatic rings. The zero-order valence-corrected chi connectivity index (χ0v) is 11.5. The van der Waals surface area contributed by atoms with E-state index >= 15 is 0 Å². The van der Waals surface area contributed by atoms with Crippen LogP contribution in [0.15, 0.2) is 24.3 Å². The maximum atomic E-state index is 6.02. The van der Waals surface area contributed by atoms with E-state index < -0.39 is 0 Å². The van der Waals surface area contributed by atoms with Gasteiger partial charge in [-0.1, -0.05) is 30.7 Å². The van der Waals surface area contributed by atoms with Crippen molar-refractivity contribution in [3.8, 4) is 0 Å². The summed E-state index contributed by atoms with van der Waals surface area (Å²) in [6.07, 6.45) is 5.35. The maximum Gasteiger partial charge on any atom is 0.0409 e. The van der Waals surface area contributed by atoms with Gasteiger partial charge in [-0.2, -0.15) is 0 Å². The van der Waals surface area contributed by atoms with Gasteiger partial charge >= 0.3 is 0 Å². The normalized spacial score (nSPS) is 26.8. The smallest absolute Gasteiger partial charge is 0.0409 e. The molecule has 0 bridgehead atoms. The van der Waals surface area contributed by atoms with Crippen LogP contribution in [0.5, 0.6) is 0 Å². The molecule has 17 heavy (non-hydrogen) atoms. The topological polar surface area (TPSA) is 12.0 Å². The van der Waals surface area contributed by atoms with Gasteiger partial charge in [0.15, 0.2) is 0 Å². The minimum Gasteiger partial charge on any atom is -0.307 e. The molecule has 0 amide bonds. The summed E-state index contributed by atoms with van der Waals surface area (Å²) in [5, 5.41) is 4.55. The van der Waals surface area contributed by atoms with Crippen molar-refractivity contribution in [3.63, 3.8) is 0 Å². The van der Waals surface area contributed by atoms with Gasteiger partial charge in [-0.15, -0.1) is 0 Å². The highest BCUT2D eigenvalue weighted by Gasteiger charge is 2.19. The molecule has 1 N–H and O–H groups in total. The average molecular weight is 252 g/mol. The SMILES string of the molecule is CC1CCC(N[C@H](C)c2cccc(Cl)c2)CC1. The van der Waals surface area contributed by atoms with Crippen molar-refractivity contribution in [3.05, 3.63) is 34.9 Å². The summed E-state index contributed by atoms with van der Waals surface area (Å²) < 4.78 is 0. The van der Waals surface area contributed by atoms with Crippen LogP contribution in [-0.4, -0.2) is 6.04 Å². The predicted molar refractivity (Wildman–Crippen MR) is 74.4 cm³/mol. The van der Waals surface area contributed by atoms with E-state index in [0.717, 1.165) is 10.9 Å². The minimum absolute atomic E-state index is 0.395. The summed E-state index contributed by atoms with van der Waals surface area (Å²) in [4.78, 5) is 0. The van der Waals surface area contributed by atoms with Crippen LogP contribution >= 0.6 is 11.6 Å². The standard InChI is InChI=1S/C15H22ClN/c1-11-6-8-15(9-7-11)17-12(2)13-4-3-5-14(16)10-13/h3-5,10-12,15,17H,6-9H2,1-2H3/t11?,12-,15?/m1/s1. The van der Waals surface area contributed by atoms with Gasteiger partial charge in [0.1, 0.15) is 0 Å². The molecule has 0 radical (unpaired) electrons. The molecule has 1 aromatic carbocycles. The van der Waals surface area contributed by atoms with E-state index in [2.05, 4.69) is 31.3 Å². The first-order valence-corrected chi connectivity index (χ1v) is 7.04. The van der Waals surface area contributed by atoms with Crippen LogP contribution in [-0.2, 0) is 0 Å². The van der Waals surface area contributed by atoms with Crippen LogP contribution in [0, 0.1) is 5.92 Å². The van der Waals surface area contributed by atoms with E-state index in [-0.39, 0.29) is 0 Å². The second-order valence-corrected chi connectivity index (χ2v) is 5.84. The molecule has 0 heterocycles. The number of rotatable bonds is 3. The van der Waals surface area contributed by atoms with E-state index in [1.807, 2.05) is 12.1 Å². The first-order valence-electron chi connectivity index (χ1n) is 6.66. The van der Waals surface area contributed by atoms with E-state index in [4.69, 9.17) is 11.6 Å². The molecule has 0 saturated heterocycles. The summed E-state index contributed by atoms with van der Waals surface area (Å²) in [6.45, 7) is 4.58. The van der Waals surface area contributed by atoms with Gasteiger partial charge in [0, 0.05) is 17.1 Å². The van der Waals surface area contributed by atoms with Gasteiger partial charge in [0.25, 0.3) is 0 Å². The molecule has 94 valence electrons. The van der Waals surface area contributed by atoms with E-state index in [9.17, 15) is 0 Å². The fourth-order valence-corrected chi connectivity index (χ4v) is 2.85. The Morgan fingerprint density at radius 3 is 2.59 bits per heavy atom. The number of hydrogen-bond acceptors (Lipinski definition) is 1. The Labute approximate surface area is 110 Å². The van der Waals surface area contributed by atoms with Crippen molar-refractivity contribution in [2.45, 2.75) is 51.6 Å². The Balaban J connectivity index is 1.90. The molecule has 0 aliphatic heterocycles. The van der Waals surface area contributed by atoms with Gasteiger partial charge in [-0.3, -0.25) is 0 Å². The lowest BCUT2D eigenvalue weighted by atomic mass is 9.87. The Morgan fingerprint density at radius 1 is 1.24 bits per heavy atom. The molecule has 1 nitrogen and oxygen atoms in total. The van der Waals surface area contributed by atoms with E-state index in [1.54, 1.807) is 0 Å². The van der Waals surface area contributed by atoms with Crippen molar-refractivity contribution in [1.29, 1.82) is 0 Å². The fourth-order valence-electron chi connectivity index (χ4n) is 2.65. The van der Waals surface area contributed by atoms with Gasteiger partial charge < -0.3 is 5.32 Å². The molecule has 2 heteroatoms. The zero-order valence-electron chi connectivity index (χ0n) is 10.7. The molecule has 0 aromatic heterocycles. The molecule has 0 unspecified atom stereocenters. The van der Waals surface area contributed by atoms with E-state index in [0.29, 0.717) is 12.1 Å². The first kappa shape index (κ1) is 12.9. The Bertz CT molecular complexity index is 356. The number of hydrogen-bond donors (Lipinski definition) is 1. The highest BCUT2D eigenvalue weighted by molar-refractivity contribution is 6.30. The van der Waals surface area contributed by atoms with E-state index in [1.165, 1.54) is 31.2 Å². The molecule has 1 atom stereocenters. The molecule has 1 aliphatic rings. The van der Waals surface area contributed by atoms with Crippen molar-refractivity contribution >= 4 is 11.6 Å². The summed E-state index contributed by atoms with van der Waals surface area (Å²) in [5.41, 5.74) is 1.29. The van der Waals surface area contributed by atoms with Crippen LogP contribution < -0.4 is 5.32 Å². The van der Waals surface area contributed by atoms with Crippen LogP contribution in [0.25, 0.3) is 0 Å². The molecular formula is C15H22ClN.